The van der Waals surface area contributed by atoms with Crippen molar-refractivity contribution in [2.75, 3.05) is 7.11 Å². The third-order valence-electron chi connectivity index (χ3n) is 4.61. The predicted octanol–water partition coefficient (Wildman–Crippen LogP) is 3.25. The Kier molecular flexibility index (Phi) is 10.1. The molecule has 2 rings (SSSR count). The summed E-state index contributed by atoms with van der Waals surface area (Å²) in [4.78, 5) is 23.5. The fourth-order valence-electron chi connectivity index (χ4n) is 2.65. The average molecular weight is 427 g/mol. The quantitative estimate of drug-likeness (QED) is 0.725. The van der Waals surface area contributed by atoms with Crippen molar-refractivity contribution in [3.63, 3.8) is 0 Å². The first kappa shape index (κ1) is 25.5. The summed E-state index contributed by atoms with van der Waals surface area (Å²) in [6, 6.07) is 6.62. The van der Waals surface area contributed by atoms with Crippen LogP contribution in [-0.2, 0) is 13.1 Å². The second-order valence-corrected chi connectivity index (χ2v) is 7.92. The molecule has 2 aromatic rings. The lowest BCUT2D eigenvalue weighted by Crippen LogP contribution is -2.23. The van der Waals surface area contributed by atoms with Gasteiger partial charge in [-0.05, 0) is 36.8 Å². The van der Waals surface area contributed by atoms with Gasteiger partial charge in [0.1, 0.15) is 23.6 Å². The van der Waals surface area contributed by atoms with Crippen molar-refractivity contribution in [2.24, 2.45) is 11.8 Å². The predicted molar refractivity (Wildman–Crippen MR) is 118 cm³/mol. The summed E-state index contributed by atoms with van der Waals surface area (Å²) >= 11 is 0. The molecule has 0 amide bonds. The highest BCUT2D eigenvalue weighted by atomic mass is 16.5. The van der Waals surface area contributed by atoms with E-state index in [1.165, 1.54) is 23.9 Å². The molecule has 2 heterocycles. The lowest BCUT2D eigenvalue weighted by Gasteiger charge is -2.09. The average Bonchev–Trinajstić information content (AvgIpc) is 2.72. The fraction of sp³-hybridized carbons (Fsp3) is 0.478. The molecule has 0 radical (unpaired) electrons. The number of aromatic nitrogens is 2. The maximum Gasteiger partial charge on any atom is 0.272 e. The molecule has 0 aliphatic heterocycles. The lowest BCUT2D eigenvalue weighted by molar-refractivity contribution is 0.409. The molecule has 0 spiro atoms. The second-order valence-electron chi connectivity index (χ2n) is 7.92. The van der Waals surface area contributed by atoms with Gasteiger partial charge in [0.15, 0.2) is 11.1 Å². The molecule has 8 heteroatoms. The first-order chi connectivity index (χ1) is 14.7. The third-order valence-corrected chi connectivity index (χ3v) is 4.61. The zero-order valence-electron chi connectivity index (χ0n) is 18.8. The first-order valence-corrected chi connectivity index (χ1v) is 10.2. The standard InChI is InChI=1S/C12H16N2O2.C11H14N2O2/c1-9(2)4-6-14-7-5-11(16-3)10(8-13)12(14)15;1-8(2)3-5-13-6-4-10(14)9(7-12)11(13)15/h5,7,9H,4,6H2,1-3H3;4,6,8,14H,3,5H2,1-2H3. The van der Waals surface area contributed by atoms with E-state index in [-0.39, 0.29) is 22.4 Å². The van der Waals surface area contributed by atoms with Crippen molar-refractivity contribution in [2.45, 2.75) is 53.6 Å². The van der Waals surface area contributed by atoms with E-state index >= 15 is 0 Å². The van der Waals surface area contributed by atoms with E-state index in [2.05, 4.69) is 27.7 Å². The molecule has 1 N–H and O–H groups in total. The van der Waals surface area contributed by atoms with Gasteiger partial charge >= 0.3 is 0 Å². The number of methoxy groups -OCH3 is 1. The van der Waals surface area contributed by atoms with Crippen molar-refractivity contribution >= 4 is 0 Å². The Hall–Kier alpha value is -3.52. The van der Waals surface area contributed by atoms with E-state index in [1.807, 2.05) is 6.07 Å². The molecule has 0 saturated heterocycles. The minimum Gasteiger partial charge on any atom is -0.506 e. The number of ether oxygens (including phenoxy) is 1. The fourth-order valence-corrected chi connectivity index (χ4v) is 2.65. The van der Waals surface area contributed by atoms with Crippen molar-refractivity contribution in [1.82, 2.24) is 9.13 Å². The molecule has 0 saturated carbocycles. The highest BCUT2D eigenvalue weighted by Crippen LogP contribution is 2.13. The van der Waals surface area contributed by atoms with Gasteiger partial charge in [-0.15, -0.1) is 0 Å². The topological polar surface area (TPSA) is 121 Å². The van der Waals surface area contributed by atoms with Gasteiger partial charge in [0.25, 0.3) is 11.1 Å². The zero-order chi connectivity index (χ0) is 23.6. The Labute approximate surface area is 182 Å². The van der Waals surface area contributed by atoms with Crippen LogP contribution in [0.4, 0.5) is 0 Å². The number of pyridine rings is 2. The van der Waals surface area contributed by atoms with Crippen LogP contribution in [0.25, 0.3) is 0 Å². The number of rotatable bonds is 7. The van der Waals surface area contributed by atoms with Crippen LogP contribution < -0.4 is 15.9 Å². The van der Waals surface area contributed by atoms with Crippen molar-refractivity contribution in [3.8, 4) is 23.6 Å². The van der Waals surface area contributed by atoms with Crippen molar-refractivity contribution in [3.05, 3.63) is 56.4 Å². The Balaban J connectivity index is 0.000000311. The Morgan fingerprint density at radius 1 is 0.903 bits per heavy atom. The van der Waals surface area contributed by atoms with Gasteiger partial charge in [-0.3, -0.25) is 9.59 Å². The van der Waals surface area contributed by atoms with Crippen LogP contribution in [0.15, 0.2) is 34.1 Å². The van der Waals surface area contributed by atoms with E-state index in [0.29, 0.717) is 30.7 Å². The molecule has 8 nitrogen and oxygen atoms in total. The summed E-state index contributed by atoms with van der Waals surface area (Å²) in [7, 11) is 1.45. The van der Waals surface area contributed by atoms with Gasteiger partial charge in [-0.1, -0.05) is 27.7 Å². The normalized spacial score (nSPS) is 10.2. The number of aryl methyl sites for hydroxylation is 2. The van der Waals surface area contributed by atoms with E-state index in [9.17, 15) is 14.7 Å². The van der Waals surface area contributed by atoms with E-state index in [0.717, 1.165) is 12.8 Å². The summed E-state index contributed by atoms with van der Waals surface area (Å²) in [6.07, 6.45) is 4.97. The smallest absolute Gasteiger partial charge is 0.272 e. The monoisotopic (exact) mass is 426 g/mol. The zero-order valence-corrected chi connectivity index (χ0v) is 18.8. The van der Waals surface area contributed by atoms with Gasteiger partial charge in [-0.25, -0.2) is 0 Å². The number of nitriles is 2. The largest absolute Gasteiger partial charge is 0.506 e. The Morgan fingerprint density at radius 3 is 1.77 bits per heavy atom. The summed E-state index contributed by atoms with van der Waals surface area (Å²) in [5, 5.41) is 26.8. The van der Waals surface area contributed by atoms with Crippen LogP contribution in [0.2, 0.25) is 0 Å². The summed E-state index contributed by atoms with van der Waals surface area (Å²) in [6.45, 7) is 9.54. The molecular weight excluding hydrogens is 396 g/mol. The third kappa shape index (κ3) is 7.35. The highest BCUT2D eigenvalue weighted by Gasteiger charge is 2.10. The minimum absolute atomic E-state index is 0.0776. The Morgan fingerprint density at radius 2 is 1.35 bits per heavy atom. The summed E-state index contributed by atoms with van der Waals surface area (Å²) in [5.74, 6) is 1.12. The molecule has 0 fully saturated rings. The van der Waals surface area contributed by atoms with E-state index < -0.39 is 5.56 Å². The molecule has 2 aromatic heterocycles. The van der Waals surface area contributed by atoms with Crippen LogP contribution >= 0.6 is 0 Å². The minimum atomic E-state index is -0.418. The van der Waals surface area contributed by atoms with Crippen LogP contribution in [0.1, 0.15) is 51.7 Å². The molecule has 0 atom stereocenters. The maximum atomic E-state index is 11.9. The van der Waals surface area contributed by atoms with Crippen molar-refractivity contribution in [1.29, 1.82) is 10.5 Å². The van der Waals surface area contributed by atoms with Gasteiger partial charge in [0.05, 0.1) is 7.11 Å². The maximum absolute atomic E-state index is 11.9. The SMILES string of the molecule is CC(C)CCn1ccc(O)c(C#N)c1=O.COc1ccn(CCC(C)C)c(=O)c1C#N. The van der Waals surface area contributed by atoms with Gasteiger partial charge < -0.3 is 19.0 Å². The van der Waals surface area contributed by atoms with E-state index in [4.69, 9.17) is 15.3 Å². The van der Waals surface area contributed by atoms with Crippen LogP contribution in [0.3, 0.4) is 0 Å². The molecule has 166 valence electrons. The highest BCUT2D eigenvalue weighted by molar-refractivity contribution is 5.40. The molecular formula is C23H30N4O4. The number of aromatic hydroxyl groups is 1. The summed E-state index contributed by atoms with van der Waals surface area (Å²) in [5.41, 5.74) is -0.796. The molecule has 0 aliphatic carbocycles. The second kappa shape index (κ2) is 12.2. The lowest BCUT2D eigenvalue weighted by atomic mass is 10.1. The van der Waals surface area contributed by atoms with Gasteiger partial charge in [0, 0.05) is 25.5 Å². The van der Waals surface area contributed by atoms with Crippen molar-refractivity contribution < 1.29 is 9.84 Å². The van der Waals surface area contributed by atoms with E-state index in [1.54, 1.807) is 22.9 Å². The van der Waals surface area contributed by atoms with Gasteiger partial charge in [0.2, 0.25) is 0 Å². The first-order valence-electron chi connectivity index (χ1n) is 10.2. The molecule has 0 bridgehead atoms. The molecule has 0 aromatic carbocycles. The van der Waals surface area contributed by atoms with Crippen LogP contribution in [-0.4, -0.2) is 21.4 Å². The number of hydrogen-bond donors (Lipinski definition) is 1. The van der Waals surface area contributed by atoms with Gasteiger partial charge in [-0.2, -0.15) is 10.5 Å². The molecule has 31 heavy (non-hydrogen) atoms. The molecule has 0 unspecified atom stereocenters. The Bertz CT molecular complexity index is 1070. The van der Waals surface area contributed by atoms with Crippen LogP contribution in [0.5, 0.6) is 11.5 Å². The number of nitrogens with zero attached hydrogens (tertiary/aromatic N) is 4. The number of hydrogen-bond acceptors (Lipinski definition) is 6. The van der Waals surface area contributed by atoms with Crippen LogP contribution in [0, 0.1) is 34.5 Å². The molecule has 0 aliphatic rings. The summed E-state index contributed by atoms with van der Waals surface area (Å²) < 4.78 is 7.98.